The smallest absolute Gasteiger partial charge is 0.300 e. The number of ketones is 1. The molecule has 0 saturated carbocycles. The molecule has 1 N–H and O–H groups in total. The summed E-state index contributed by atoms with van der Waals surface area (Å²) in [6.45, 7) is 6.36. The molecule has 2 unspecified atom stereocenters. The Hall–Kier alpha value is -4.06. The van der Waals surface area contributed by atoms with E-state index in [-0.39, 0.29) is 17.4 Å². The molecule has 2 aliphatic rings. The molecule has 178 valence electrons. The highest BCUT2D eigenvalue weighted by atomic mass is 16.5. The van der Waals surface area contributed by atoms with Crippen LogP contribution < -0.4 is 14.4 Å². The Morgan fingerprint density at radius 2 is 1.86 bits per heavy atom. The zero-order valence-corrected chi connectivity index (χ0v) is 19.9. The summed E-state index contributed by atoms with van der Waals surface area (Å²) in [5.41, 5.74) is 3.82. The molecule has 2 heterocycles. The minimum absolute atomic E-state index is 0.0555. The normalized spacial score (nSPS) is 20.6. The largest absolute Gasteiger partial charge is 0.507 e. The Morgan fingerprint density at radius 1 is 1.09 bits per heavy atom. The van der Waals surface area contributed by atoms with Crippen LogP contribution in [-0.2, 0) is 16.0 Å². The highest BCUT2D eigenvalue weighted by Crippen LogP contribution is 2.43. The average Bonchev–Trinajstić information content (AvgIpc) is 3.35. The third-order valence-electron chi connectivity index (χ3n) is 6.40. The van der Waals surface area contributed by atoms with Gasteiger partial charge in [0, 0.05) is 17.7 Å². The number of amides is 1. The average molecular weight is 470 g/mol. The fourth-order valence-electron chi connectivity index (χ4n) is 4.85. The topological polar surface area (TPSA) is 76.1 Å². The predicted molar refractivity (Wildman–Crippen MR) is 134 cm³/mol. The van der Waals surface area contributed by atoms with Crippen molar-refractivity contribution in [3.63, 3.8) is 0 Å². The van der Waals surface area contributed by atoms with Crippen molar-refractivity contribution in [2.45, 2.75) is 39.3 Å². The van der Waals surface area contributed by atoms with Gasteiger partial charge < -0.3 is 14.6 Å². The molecule has 6 nitrogen and oxygen atoms in total. The molecule has 1 fully saturated rings. The first kappa shape index (κ1) is 22.7. The number of hydrogen-bond donors (Lipinski definition) is 1. The molecule has 0 aliphatic carbocycles. The minimum atomic E-state index is -0.767. The summed E-state index contributed by atoms with van der Waals surface area (Å²) in [6, 6.07) is 19.3. The number of rotatable bonds is 5. The molecule has 0 aromatic heterocycles. The van der Waals surface area contributed by atoms with E-state index in [1.165, 1.54) is 4.90 Å². The van der Waals surface area contributed by atoms with E-state index in [4.69, 9.17) is 9.47 Å². The van der Waals surface area contributed by atoms with Crippen LogP contribution in [0, 0.1) is 6.92 Å². The minimum Gasteiger partial charge on any atom is -0.507 e. The summed E-state index contributed by atoms with van der Waals surface area (Å²) in [4.78, 5) is 28.2. The molecule has 2 atom stereocenters. The van der Waals surface area contributed by atoms with Gasteiger partial charge in [-0.2, -0.15) is 0 Å². The van der Waals surface area contributed by atoms with Crippen molar-refractivity contribution in [1.82, 2.24) is 0 Å². The molecule has 3 aromatic carbocycles. The van der Waals surface area contributed by atoms with E-state index in [9.17, 15) is 14.7 Å². The van der Waals surface area contributed by atoms with Crippen molar-refractivity contribution >= 4 is 23.1 Å². The van der Waals surface area contributed by atoms with E-state index in [2.05, 4.69) is 0 Å². The number of hydrogen-bond acceptors (Lipinski definition) is 5. The van der Waals surface area contributed by atoms with Gasteiger partial charge in [0.05, 0.1) is 18.2 Å². The molecule has 2 aliphatic heterocycles. The maximum absolute atomic E-state index is 13.4. The van der Waals surface area contributed by atoms with Crippen LogP contribution in [0.15, 0.2) is 72.3 Å². The molecular formula is C29H27NO5. The van der Waals surface area contributed by atoms with Crippen LogP contribution in [0.4, 0.5) is 5.69 Å². The first-order valence-electron chi connectivity index (χ1n) is 11.8. The lowest BCUT2D eigenvalue weighted by Crippen LogP contribution is -2.29. The fourth-order valence-corrected chi connectivity index (χ4v) is 4.85. The van der Waals surface area contributed by atoms with Crippen LogP contribution >= 0.6 is 0 Å². The molecule has 5 rings (SSSR count). The summed E-state index contributed by atoms with van der Waals surface area (Å²) in [7, 11) is 0. The Labute approximate surface area is 204 Å². The van der Waals surface area contributed by atoms with E-state index >= 15 is 0 Å². The number of aliphatic hydroxyl groups excluding tert-OH is 1. The van der Waals surface area contributed by atoms with Crippen molar-refractivity contribution in [1.29, 1.82) is 0 Å². The van der Waals surface area contributed by atoms with Gasteiger partial charge >= 0.3 is 0 Å². The van der Waals surface area contributed by atoms with E-state index in [1.807, 2.05) is 51.1 Å². The van der Waals surface area contributed by atoms with Gasteiger partial charge in [-0.3, -0.25) is 14.5 Å². The van der Waals surface area contributed by atoms with Gasteiger partial charge in [-0.05, 0) is 74.4 Å². The lowest BCUT2D eigenvalue weighted by Gasteiger charge is -2.26. The van der Waals surface area contributed by atoms with Crippen molar-refractivity contribution in [2.75, 3.05) is 11.5 Å². The zero-order valence-electron chi connectivity index (χ0n) is 19.9. The number of anilines is 1. The van der Waals surface area contributed by atoms with Gasteiger partial charge in [-0.15, -0.1) is 0 Å². The molecule has 1 amide bonds. The third kappa shape index (κ3) is 4.05. The van der Waals surface area contributed by atoms with Gasteiger partial charge in [-0.25, -0.2) is 0 Å². The Bertz CT molecular complexity index is 1340. The number of benzene rings is 3. The van der Waals surface area contributed by atoms with E-state index in [0.29, 0.717) is 23.6 Å². The van der Waals surface area contributed by atoms with Gasteiger partial charge in [0.25, 0.3) is 11.7 Å². The summed E-state index contributed by atoms with van der Waals surface area (Å²) in [5, 5.41) is 11.4. The molecule has 0 radical (unpaired) electrons. The summed E-state index contributed by atoms with van der Waals surface area (Å²) < 4.78 is 11.3. The number of carbonyl (C=O) groups is 2. The summed E-state index contributed by atoms with van der Waals surface area (Å²) in [6.07, 6.45) is 0.776. The number of Topliss-reactive ketones (excluding diaryl/α,β-unsaturated/α-hetero) is 1. The number of fused-ring (bicyclic) bond motifs is 1. The number of ether oxygens (including phenoxy) is 2. The molecule has 1 saturated heterocycles. The fraction of sp³-hybridized carbons (Fsp3) is 0.241. The maximum Gasteiger partial charge on any atom is 0.300 e. The van der Waals surface area contributed by atoms with Crippen LogP contribution in [0.1, 0.15) is 42.1 Å². The quantitative estimate of drug-likeness (QED) is 0.310. The van der Waals surface area contributed by atoms with Crippen LogP contribution in [0.5, 0.6) is 11.5 Å². The SMILES string of the molecule is CCOc1ccc(N2C(=O)C(=O)/C(=C(\O)c3ccc4c(c3)CC(C)O4)C2c2cccc(C)c2)cc1. The van der Waals surface area contributed by atoms with Crippen molar-refractivity contribution in [3.8, 4) is 11.5 Å². The van der Waals surface area contributed by atoms with Gasteiger partial charge in [0.15, 0.2) is 0 Å². The Morgan fingerprint density at radius 3 is 2.57 bits per heavy atom. The second kappa shape index (κ2) is 8.95. The van der Waals surface area contributed by atoms with Crippen LogP contribution in [0.2, 0.25) is 0 Å². The summed E-state index contributed by atoms with van der Waals surface area (Å²) >= 11 is 0. The Kier molecular flexibility index (Phi) is 5.81. The lowest BCUT2D eigenvalue weighted by atomic mass is 9.93. The monoisotopic (exact) mass is 469 g/mol. The number of nitrogens with zero attached hydrogens (tertiary/aromatic N) is 1. The maximum atomic E-state index is 13.4. The number of aliphatic hydroxyl groups is 1. The highest BCUT2D eigenvalue weighted by molar-refractivity contribution is 6.51. The number of aryl methyl sites for hydroxylation is 1. The summed E-state index contributed by atoms with van der Waals surface area (Å²) in [5.74, 6) is -0.132. The Balaban J connectivity index is 1.65. The third-order valence-corrected chi connectivity index (χ3v) is 6.40. The van der Waals surface area contributed by atoms with Crippen molar-refractivity contribution in [3.05, 3.63) is 94.6 Å². The molecule has 6 heteroatoms. The van der Waals surface area contributed by atoms with Crippen LogP contribution in [-0.4, -0.2) is 29.5 Å². The molecule has 0 spiro atoms. The van der Waals surface area contributed by atoms with E-state index in [0.717, 1.165) is 28.9 Å². The second-order valence-electron chi connectivity index (χ2n) is 8.97. The first-order chi connectivity index (χ1) is 16.9. The molecular weight excluding hydrogens is 442 g/mol. The number of carbonyl (C=O) groups excluding carboxylic acids is 2. The predicted octanol–water partition coefficient (Wildman–Crippen LogP) is 5.34. The standard InChI is InChI=1S/C29H27NO5/c1-4-34-23-11-9-22(10-12-23)30-26(19-7-5-6-17(2)14-19)25(28(32)29(30)33)27(31)20-8-13-24-21(16-20)15-18(3)35-24/h5-14,16,18,26,31H,4,15H2,1-3H3/b27-25-. The first-order valence-corrected chi connectivity index (χ1v) is 11.8. The van der Waals surface area contributed by atoms with Gasteiger partial charge in [0.2, 0.25) is 0 Å². The van der Waals surface area contributed by atoms with E-state index in [1.54, 1.807) is 36.4 Å². The van der Waals surface area contributed by atoms with Crippen molar-refractivity contribution in [2.24, 2.45) is 0 Å². The van der Waals surface area contributed by atoms with Crippen molar-refractivity contribution < 1.29 is 24.2 Å². The van der Waals surface area contributed by atoms with Gasteiger partial charge in [-0.1, -0.05) is 29.8 Å². The molecule has 0 bridgehead atoms. The molecule has 3 aromatic rings. The van der Waals surface area contributed by atoms with Gasteiger partial charge in [0.1, 0.15) is 23.4 Å². The van der Waals surface area contributed by atoms with E-state index < -0.39 is 17.7 Å². The van der Waals surface area contributed by atoms with Crippen LogP contribution in [0.3, 0.4) is 0 Å². The second-order valence-corrected chi connectivity index (χ2v) is 8.97. The highest BCUT2D eigenvalue weighted by Gasteiger charge is 2.47. The lowest BCUT2D eigenvalue weighted by molar-refractivity contribution is -0.132. The van der Waals surface area contributed by atoms with Crippen LogP contribution in [0.25, 0.3) is 5.76 Å². The molecule has 35 heavy (non-hydrogen) atoms. The zero-order chi connectivity index (χ0) is 24.7.